The zero-order valence-corrected chi connectivity index (χ0v) is 22.5. The standard InChI is InChI=1S/C31H44N4O2/c1-2-21-35-30(37)34(22-9-20-32-29(36)15-14-27-10-5-3-6-11-27)26-19-31(35)17-24-33(25-18-31)23-16-28-12-7-4-8-13-28/h3-8,10-13H,2,9,14-26H2,1H3,(H,32,36). The molecule has 2 heterocycles. The molecule has 0 bridgehead atoms. The average Bonchev–Trinajstić information content (AvgIpc) is 2.94. The van der Waals surface area contributed by atoms with E-state index in [4.69, 9.17) is 0 Å². The second kappa shape index (κ2) is 13.6. The maximum Gasteiger partial charge on any atom is 0.320 e. The summed E-state index contributed by atoms with van der Waals surface area (Å²) in [6.07, 6.45) is 7.31. The van der Waals surface area contributed by atoms with Crippen molar-refractivity contribution in [3.63, 3.8) is 0 Å². The van der Waals surface area contributed by atoms with E-state index in [1.165, 1.54) is 11.1 Å². The average molecular weight is 505 g/mol. The quantitative estimate of drug-likeness (QED) is 0.425. The van der Waals surface area contributed by atoms with Gasteiger partial charge in [-0.05, 0) is 56.1 Å². The number of rotatable bonds is 12. The van der Waals surface area contributed by atoms with Crippen LogP contribution < -0.4 is 5.32 Å². The van der Waals surface area contributed by atoms with Gasteiger partial charge in [-0.15, -0.1) is 0 Å². The third-order valence-electron chi connectivity index (χ3n) is 8.13. The molecule has 1 spiro atoms. The monoisotopic (exact) mass is 504 g/mol. The lowest BCUT2D eigenvalue weighted by Gasteiger charge is -2.54. The summed E-state index contributed by atoms with van der Waals surface area (Å²) in [5, 5.41) is 3.03. The van der Waals surface area contributed by atoms with Crippen LogP contribution in [0.15, 0.2) is 60.7 Å². The van der Waals surface area contributed by atoms with Gasteiger partial charge < -0.3 is 20.0 Å². The normalized spacial score (nSPS) is 17.8. The van der Waals surface area contributed by atoms with Gasteiger partial charge in [0.1, 0.15) is 0 Å². The summed E-state index contributed by atoms with van der Waals surface area (Å²) in [5.41, 5.74) is 2.59. The topological polar surface area (TPSA) is 55.9 Å². The SMILES string of the molecule is CCCN1C(=O)N(CCCNC(=O)CCc2ccccc2)CCC12CCN(CCc1ccccc1)CC2. The maximum atomic E-state index is 13.5. The van der Waals surface area contributed by atoms with Crippen LogP contribution in [0.5, 0.6) is 0 Å². The molecule has 3 amide bonds. The Morgan fingerprint density at radius 3 is 2.11 bits per heavy atom. The number of hydrogen-bond donors (Lipinski definition) is 1. The number of carbonyl (C=O) groups excluding carboxylic acids is 2. The number of nitrogens with zero attached hydrogens (tertiary/aromatic N) is 3. The third kappa shape index (κ3) is 7.57. The fourth-order valence-corrected chi connectivity index (χ4v) is 5.84. The number of benzene rings is 2. The zero-order chi connectivity index (χ0) is 25.9. The Morgan fingerprint density at radius 2 is 1.46 bits per heavy atom. The van der Waals surface area contributed by atoms with Gasteiger partial charge in [-0.3, -0.25) is 4.79 Å². The number of nitrogens with one attached hydrogen (secondary N) is 1. The third-order valence-corrected chi connectivity index (χ3v) is 8.13. The fourth-order valence-electron chi connectivity index (χ4n) is 5.84. The molecule has 2 aliphatic rings. The molecule has 2 aromatic rings. The number of likely N-dealkylation sites (tertiary alicyclic amines) is 1. The van der Waals surface area contributed by atoms with Crippen LogP contribution in [0.3, 0.4) is 0 Å². The van der Waals surface area contributed by atoms with Crippen LogP contribution >= 0.6 is 0 Å². The molecule has 1 N–H and O–H groups in total. The van der Waals surface area contributed by atoms with Crippen LogP contribution in [0.1, 0.15) is 56.6 Å². The Morgan fingerprint density at radius 1 is 0.838 bits per heavy atom. The van der Waals surface area contributed by atoms with Gasteiger partial charge in [-0.1, -0.05) is 67.6 Å². The van der Waals surface area contributed by atoms with Gasteiger partial charge >= 0.3 is 6.03 Å². The predicted molar refractivity (Wildman–Crippen MR) is 150 cm³/mol. The first-order valence-electron chi connectivity index (χ1n) is 14.2. The smallest absolute Gasteiger partial charge is 0.320 e. The molecule has 4 rings (SSSR count). The number of hydrogen-bond acceptors (Lipinski definition) is 3. The van der Waals surface area contributed by atoms with Crippen molar-refractivity contribution in [3.05, 3.63) is 71.8 Å². The molecule has 0 saturated carbocycles. The van der Waals surface area contributed by atoms with Crippen LogP contribution in [0.25, 0.3) is 0 Å². The van der Waals surface area contributed by atoms with Gasteiger partial charge in [0.15, 0.2) is 0 Å². The summed E-state index contributed by atoms with van der Waals surface area (Å²) in [6.45, 7) is 8.36. The maximum absolute atomic E-state index is 13.5. The highest BCUT2D eigenvalue weighted by Crippen LogP contribution is 2.36. The van der Waals surface area contributed by atoms with Gasteiger partial charge in [0.05, 0.1) is 0 Å². The van der Waals surface area contributed by atoms with E-state index in [0.29, 0.717) is 19.5 Å². The van der Waals surface area contributed by atoms with Crippen molar-refractivity contribution in [1.82, 2.24) is 20.0 Å². The Bertz CT molecular complexity index is 973. The first-order valence-corrected chi connectivity index (χ1v) is 14.2. The Labute approximate surface area is 223 Å². The van der Waals surface area contributed by atoms with E-state index >= 15 is 0 Å². The lowest BCUT2D eigenvalue weighted by molar-refractivity contribution is -0.121. The van der Waals surface area contributed by atoms with Gasteiger partial charge in [-0.25, -0.2) is 4.79 Å². The summed E-state index contributed by atoms with van der Waals surface area (Å²) in [5.74, 6) is 0.0828. The molecule has 6 heteroatoms. The minimum atomic E-state index is 0.0124. The van der Waals surface area contributed by atoms with Crippen molar-refractivity contribution in [2.75, 3.05) is 45.8 Å². The van der Waals surface area contributed by atoms with Gasteiger partial charge in [-0.2, -0.15) is 0 Å². The van der Waals surface area contributed by atoms with Crippen LogP contribution in [0, 0.1) is 0 Å². The highest BCUT2D eigenvalue weighted by Gasteiger charge is 2.46. The van der Waals surface area contributed by atoms with Crippen LogP contribution in [0.2, 0.25) is 0 Å². The Balaban J connectivity index is 1.19. The molecule has 6 nitrogen and oxygen atoms in total. The first kappa shape index (κ1) is 27.2. The Hall–Kier alpha value is -2.86. The van der Waals surface area contributed by atoms with Gasteiger partial charge in [0.25, 0.3) is 0 Å². The minimum Gasteiger partial charge on any atom is -0.356 e. The lowest BCUT2D eigenvalue weighted by atomic mass is 9.80. The van der Waals surface area contributed by atoms with Gasteiger partial charge in [0.2, 0.25) is 5.91 Å². The number of urea groups is 1. The molecule has 0 radical (unpaired) electrons. The summed E-state index contributed by atoms with van der Waals surface area (Å²) in [6, 6.07) is 21.0. The largest absolute Gasteiger partial charge is 0.356 e. The van der Waals surface area contributed by atoms with Crippen LogP contribution in [0.4, 0.5) is 4.79 Å². The van der Waals surface area contributed by atoms with E-state index in [-0.39, 0.29) is 17.5 Å². The van der Waals surface area contributed by atoms with Crippen molar-refractivity contribution >= 4 is 11.9 Å². The Kier molecular flexibility index (Phi) is 10.0. The summed E-state index contributed by atoms with van der Waals surface area (Å²) in [7, 11) is 0. The van der Waals surface area contributed by atoms with Crippen molar-refractivity contribution in [2.45, 2.75) is 63.8 Å². The molecule has 2 aliphatic heterocycles. The summed E-state index contributed by atoms with van der Waals surface area (Å²) >= 11 is 0. The number of piperidine rings is 1. The molecule has 200 valence electrons. The molecule has 0 atom stereocenters. The molecule has 2 saturated heterocycles. The highest BCUT2D eigenvalue weighted by molar-refractivity contribution is 5.77. The van der Waals surface area contributed by atoms with Gasteiger partial charge in [0, 0.05) is 57.8 Å². The summed E-state index contributed by atoms with van der Waals surface area (Å²) in [4.78, 5) is 32.5. The van der Waals surface area contributed by atoms with Crippen molar-refractivity contribution in [2.24, 2.45) is 0 Å². The molecular weight excluding hydrogens is 460 g/mol. The van der Waals surface area contributed by atoms with E-state index in [0.717, 1.165) is 77.7 Å². The molecular formula is C31H44N4O2. The van der Waals surface area contributed by atoms with Crippen LogP contribution in [-0.4, -0.2) is 78.0 Å². The number of amides is 3. The first-order chi connectivity index (χ1) is 18.1. The van der Waals surface area contributed by atoms with Crippen LogP contribution in [-0.2, 0) is 17.6 Å². The second-order valence-corrected chi connectivity index (χ2v) is 10.7. The fraction of sp³-hybridized carbons (Fsp3) is 0.548. The highest BCUT2D eigenvalue weighted by atomic mass is 16.2. The van der Waals surface area contributed by atoms with E-state index in [1.807, 2.05) is 23.1 Å². The molecule has 0 unspecified atom stereocenters. The number of aryl methyl sites for hydroxylation is 1. The molecule has 2 fully saturated rings. The molecule has 2 aromatic carbocycles. The zero-order valence-electron chi connectivity index (χ0n) is 22.5. The van der Waals surface area contributed by atoms with E-state index in [2.05, 4.69) is 64.5 Å². The lowest BCUT2D eigenvalue weighted by Crippen LogP contribution is -2.65. The van der Waals surface area contributed by atoms with Crippen molar-refractivity contribution in [1.29, 1.82) is 0 Å². The number of carbonyl (C=O) groups is 2. The van der Waals surface area contributed by atoms with E-state index in [1.54, 1.807) is 0 Å². The molecule has 0 aromatic heterocycles. The molecule has 0 aliphatic carbocycles. The van der Waals surface area contributed by atoms with E-state index < -0.39 is 0 Å². The second-order valence-electron chi connectivity index (χ2n) is 10.7. The molecule has 37 heavy (non-hydrogen) atoms. The summed E-state index contributed by atoms with van der Waals surface area (Å²) < 4.78 is 0. The van der Waals surface area contributed by atoms with Crippen molar-refractivity contribution < 1.29 is 9.59 Å². The van der Waals surface area contributed by atoms with Crippen molar-refractivity contribution in [3.8, 4) is 0 Å². The van der Waals surface area contributed by atoms with E-state index in [9.17, 15) is 9.59 Å². The predicted octanol–water partition coefficient (Wildman–Crippen LogP) is 4.74. The minimum absolute atomic E-state index is 0.0124.